The van der Waals surface area contributed by atoms with Crippen molar-refractivity contribution in [3.8, 4) is 0 Å². The average molecular weight is 140 g/mol. The molecule has 3 nitrogen and oxygen atoms in total. The summed E-state index contributed by atoms with van der Waals surface area (Å²) in [7, 11) is 0. The van der Waals surface area contributed by atoms with Crippen molar-refractivity contribution in [2.24, 2.45) is 5.16 Å². The number of rotatable bonds is 1. The van der Waals surface area contributed by atoms with Crippen LogP contribution in [0.25, 0.3) is 0 Å². The van der Waals surface area contributed by atoms with Crippen LogP contribution in [-0.2, 0) is 0 Å². The molecule has 1 aromatic rings. The first-order valence-corrected chi connectivity index (χ1v) is 2.61. The Balaban J connectivity index is 2.95. The van der Waals surface area contributed by atoms with E-state index in [0.29, 0.717) is 5.56 Å². The van der Waals surface area contributed by atoms with E-state index in [9.17, 15) is 4.39 Å². The predicted molar refractivity (Wildman–Crippen MR) is 33.6 cm³/mol. The van der Waals surface area contributed by atoms with Crippen molar-refractivity contribution in [1.29, 1.82) is 0 Å². The molecule has 0 aliphatic carbocycles. The van der Waals surface area contributed by atoms with E-state index in [4.69, 9.17) is 5.21 Å². The van der Waals surface area contributed by atoms with Gasteiger partial charge in [-0.1, -0.05) is 5.16 Å². The van der Waals surface area contributed by atoms with Crippen LogP contribution in [0.3, 0.4) is 0 Å². The summed E-state index contributed by atoms with van der Waals surface area (Å²) in [5, 5.41) is 10.7. The maximum Gasteiger partial charge on any atom is 0.142 e. The highest BCUT2D eigenvalue weighted by atomic mass is 19.1. The molecule has 10 heavy (non-hydrogen) atoms. The average Bonchev–Trinajstić information content (AvgIpc) is 1.88. The third kappa shape index (κ3) is 1.51. The highest BCUT2D eigenvalue weighted by molar-refractivity contribution is 5.78. The zero-order valence-corrected chi connectivity index (χ0v) is 5.03. The Morgan fingerprint density at radius 3 is 3.00 bits per heavy atom. The molecular weight excluding hydrogens is 135 g/mol. The molecule has 0 saturated heterocycles. The van der Waals surface area contributed by atoms with Crippen molar-refractivity contribution in [3.63, 3.8) is 0 Å². The molecule has 1 heterocycles. The van der Waals surface area contributed by atoms with Gasteiger partial charge in [-0.2, -0.15) is 0 Å². The number of aromatic nitrogens is 1. The number of oxime groups is 1. The minimum atomic E-state index is -0.447. The summed E-state index contributed by atoms with van der Waals surface area (Å²) in [6, 6.07) is 1.21. The normalized spacial score (nSPS) is 10.5. The van der Waals surface area contributed by atoms with Crippen molar-refractivity contribution in [2.75, 3.05) is 0 Å². The van der Waals surface area contributed by atoms with Crippen LogP contribution in [0.15, 0.2) is 23.6 Å². The van der Waals surface area contributed by atoms with Crippen LogP contribution in [0.5, 0.6) is 0 Å². The molecule has 0 aliphatic rings. The fourth-order valence-corrected chi connectivity index (χ4v) is 0.566. The van der Waals surface area contributed by atoms with Gasteiger partial charge in [0.15, 0.2) is 0 Å². The Kier molecular flexibility index (Phi) is 1.94. The van der Waals surface area contributed by atoms with Gasteiger partial charge in [0.25, 0.3) is 0 Å². The van der Waals surface area contributed by atoms with Crippen LogP contribution >= 0.6 is 0 Å². The Morgan fingerprint density at radius 1 is 1.60 bits per heavy atom. The van der Waals surface area contributed by atoms with E-state index in [1.54, 1.807) is 0 Å². The highest BCUT2D eigenvalue weighted by Gasteiger charge is 1.90. The zero-order chi connectivity index (χ0) is 7.40. The molecular formula is C6H5FN2O. The molecule has 0 aliphatic heterocycles. The minimum Gasteiger partial charge on any atom is -0.411 e. The molecule has 1 aromatic heterocycles. The fraction of sp³-hybridized carbons (Fsp3) is 0. The molecule has 0 amide bonds. The Morgan fingerprint density at radius 2 is 2.40 bits per heavy atom. The molecule has 52 valence electrons. The topological polar surface area (TPSA) is 45.5 Å². The predicted octanol–water partition coefficient (Wildman–Crippen LogP) is 1.03. The molecule has 4 heteroatoms. The smallest absolute Gasteiger partial charge is 0.142 e. The number of pyridine rings is 1. The van der Waals surface area contributed by atoms with E-state index < -0.39 is 5.82 Å². The van der Waals surface area contributed by atoms with Crippen molar-refractivity contribution >= 4 is 6.21 Å². The number of halogens is 1. The zero-order valence-electron chi connectivity index (χ0n) is 5.03. The summed E-state index contributed by atoms with van der Waals surface area (Å²) < 4.78 is 12.3. The summed E-state index contributed by atoms with van der Waals surface area (Å²) >= 11 is 0. The van der Waals surface area contributed by atoms with E-state index in [1.807, 2.05) is 0 Å². The van der Waals surface area contributed by atoms with Crippen molar-refractivity contribution < 1.29 is 9.60 Å². The molecule has 1 N–H and O–H groups in total. The van der Waals surface area contributed by atoms with Gasteiger partial charge in [-0.15, -0.1) is 0 Å². The molecule has 0 spiro atoms. The van der Waals surface area contributed by atoms with Gasteiger partial charge in [0.05, 0.1) is 12.4 Å². The van der Waals surface area contributed by atoms with Crippen LogP contribution in [0.1, 0.15) is 5.56 Å². The summed E-state index contributed by atoms with van der Waals surface area (Å²) in [6.45, 7) is 0. The maximum absolute atomic E-state index is 12.3. The van der Waals surface area contributed by atoms with Gasteiger partial charge in [0.2, 0.25) is 0 Å². The van der Waals surface area contributed by atoms with Gasteiger partial charge in [-0.3, -0.25) is 4.98 Å². The molecule has 0 unspecified atom stereocenters. The number of hydrogen-bond donors (Lipinski definition) is 1. The second-order valence-corrected chi connectivity index (χ2v) is 1.68. The second kappa shape index (κ2) is 2.91. The quantitative estimate of drug-likeness (QED) is 0.359. The molecule has 0 atom stereocenters. The standard InChI is InChI=1S/C6H5FN2O/c7-6-1-5(3-9-10)2-8-4-6/h1-4,10H/b9-3+. The lowest BCUT2D eigenvalue weighted by atomic mass is 10.3. The van der Waals surface area contributed by atoms with Crippen molar-refractivity contribution in [1.82, 2.24) is 4.98 Å². The highest BCUT2D eigenvalue weighted by Crippen LogP contribution is 1.96. The maximum atomic E-state index is 12.3. The molecule has 1 rings (SSSR count). The lowest BCUT2D eigenvalue weighted by Crippen LogP contribution is -1.84. The van der Waals surface area contributed by atoms with Crippen LogP contribution < -0.4 is 0 Å². The lowest BCUT2D eigenvalue weighted by Gasteiger charge is -1.88. The van der Waals surface area contributed by atoms with Gasteiger partial charge < -0.3 is 5.21 Å². The van der Waals surface area contributed by atoms with Gasteiger partial charge in [0.1, 0.15) is 5.82 Å². The first-order chi connectivity index (χ1) is 4.83. The van der Waals surface area contributed by atoms with E-state index in [-0.39, 0.29) is 0 Å². The van der Waals surface area contributed by atoms with E-state index >= 15 is 0 Å². The fourth-order valence-electron chi connectivity index (χ4n) is 0.566. The van der Waals surface area contributed by atoms with Crippen LogP contribution in [0, 0.1) is 5.82 Å². The monoisotopic (exact) mass is 140 g/mol. The van der Waals surface area contributed by atoms with Gasteiger partial charge >= 0.3 is 0 Å². The van der Waals surface area contributed by atoms with Gasteiger partial charge in [-0.25, -0.2) is 4.39 Å². The van der Waals surface area contributed by atoms with Crippen molar-refractivity contribution in [2.45, 2.75) is 0 Å². The summed E-state index contributed by atoms with van der Waals surface area (Å²) in [5.41, 5.74) is 0.433. The third-order valence-corrected chi connectivity index (χ3v) is 0.933. The summed E-state index contributed by atoms with van der Waals surface area (Å²) in [6.07, 6.45) is 3.58. The van der Waals surface area contributed by atoms with Crippen LogP contribution in [0.2, 0.25) is 0 Å². The molecule has 0 fully saturated rings. The number of nitrogens with zero attached hydrogens (tertiary/aromatic N) is 2. The van der Waals surface area contributed by atoms with E-state index in [0.717, 1.165) is 12.4 Å². The van der Waals surface area contributed by atoms with Crippen LogP contribution in [-0.4, -0.2) is 16.4 Å². The van der Waals surface area contributed by atoms with Gasteiger partial charge in [0, 0.05) is 11.8 Å². The first kappa shape index (κ1) is 6.67. The van der Waals surface area contributed by atoms with Crippen molar-refractivity contribution in [3.05, 3.63) is 29.8 Å². The molecule has 0 radical (unpaired) electrons. The Bertz CT molecular complexity index is 249. The van der Waals surface area contributed by atoms with E-state index in [1.165, 1.54) is 12.3 Å². The minimum absolute atomic E-state index is 0.433. The molecule has 0 aromatic carbocycles. The summed E-state index contributed by atoms with van der Waals surface area (Å²) in [5.74, 6) is -0.447. The Labute approximate surface area is 56.8 Å². The first-order valence-electron chi connectivity index (χ1n) is 2.61. The second-order valence-electron chi connectivity index (χ2n) is 1.68. The van der Waals surface area contributed by atoms with Crippen LogP contribution in [0.4, 0.5) is 4.39 Å². The summed E-state index contributed by atoms with van der Waals surface area (Å²) in [4.78, 5) is 3.53. The SMILES string of the molecule is O/N=C/c1cncc(F)c1. The van der Waals surface area contributed by atoms with E-state index in [2.05, 4.69) is 10.1 Å². The molecule has 0 saturated carbocycles. The molecule has 0 bridgehead atoms. The largest absolute Gasteiger partial charge is 0.411 e. The number of hydrogen-bond acceptors (Lipinski definition) is 3. The third-order valence-electron chi connectivity index (χ3n) is 0.933. The lowest BCUT2D eigenvalue weighted by molar-refractivity contribution is 0.322. The Hall–Kier alpha value is -1.45. The van der Waals surface area contributed by atoms with Gasteiger partial charge in [-0.05, 0) is 6.07 Å².